The van der Waals surface area contributed by atoms with Crippen LogP contribution >= 0.6 is 23.5 Å². The van der Waals surface area contributed by atoms with Crippen molar-refractivity contribution in [2.24, 2.45) is 0 Å². The van der Waals surface area contributed by atoms with Crippen LogP contribution in [0.1, 0.15) is 33.1 Å². The van der Waals surface area contributed by atoms with Gasteiger partial charge in [-0.3, -0.25) is 19.2 Å². The summed E-state index contributed by atoms with van der Waals surface area (Å²) in [5, 5.41) is 4.91. The Labute approximate surface area is 156 Å². The highest BCUT2D eigenvalue weighted by Crippen LogP contribution is 2.05. The normalized spacial score (nSPS) is 10.0. The lowest BCUT2D eigenvalue weighted by molar-refractivity contribution is -0.145. The zero-order chi connectivity index (χ0) is 18.9. The fourth-order valence-electron chi connectivity index (χ4n) is 1.42. The Balaban J connectivity index is 3.49. The molecule has 0 bridgehead atoms. The second-order valence-corrected chi connectivity index (χ2v) is 6.76. The third kappa shape index (κ3) is 15.8. The topological polar surface area (TPSA) is 111 Å². The summed E-state index contributed by atoms with van der Waals surface area (Å²) in [7, 11) is 0. The highest BCUT2D eigenvalue weighted by Gasteiger charge is 2.08. The summed E-state index contributed by atoms with van der Waals surface area (Å²) in [6, 6.07) is 0. The van der Waals surface area contributed by atoms with Crippen molar-refractivity contribution in [1.82, 2.24) is 10.6 Å². The van der Waals surface area contributed by atoms with E-state index in [2.05, 4.69) is 10.6 Å². The zero-order valence-corrected chi connectivity index (χ0v) is 16.3. The predicted molar refractivity (Wildman–Crippen MR) is 98.8 cm³/mol. The number of thioether (sulfide) groups is 2. The number of hydrogen-bond donors (Lipinski definition) is 2. The minimum absolute atomic E-state index is 0.151. The smallest absolute Gasteiger partial charge is 0.306 e. The minimum atomic E-state index is -0.388. The molecule has 25 heavy (non-hydrogen) atoms. The Hall–Kier alpha value is -1.42. The van der Waals surface area contributed by atoms with E-state index in [1.165, 1.54) is 0 Å². The molecule has 0 aliphatic heterocycles. The van der Waals surface area contributed by atoms with Crippen molar-refractivity contribution in [2.45, 2.75) is 33.1 Å². The maximum atomic E-state index is 11.4. The fraction of sp³-hybridized carbons (Fsp3) is 0.733. The van der Waals surface area contributed by atoms with Crippen molar-refractivity contribution in [3.8, 4) is 0 Å². The van der Waals surface area contributed by atoms with E-state index < -0.39 is 0 Å². The predicted octanol–water partition coefficient (Wildman–Crippen LogP) is 2.17. The Morgan fingerprint density at radius 1 is 0.760 bits per heavy atom. The van der Waals surface area contributed by atoms with Gasteiger partial charge in [0.05, 0.1) is 26.1 Å². The van der Waals surface area contributed by atoms with Gasteiger partial charge in [0.15, 0.2) is 0 Å². The second kappa shape index (κ2) is 16.1. The summed E-state index contributed by atoms with van der Waals surface area (Å²) in [6.45, 7) is 5.07. The molecule has 0 fully saturated rings. The summed E-state index contributed by atoms with van der Waals surface area (Å²) in [4.78, 5) is 45.2. The Bertz CT molecular complexity index is 396. The SMILES string of the molecule is CCNC(=O)SCCC(=O)OCCCOC(=O)CCSC(=O)NCC. The first-order chi connectivity index (χ1) is 12.0. The zero-order valence-electron chi connectivity index (χ0n) is 14.6. The first-order valence-corrected chi connectivity index (χ1v) is 10.1. The van der Waals surface area contributed by atoms with Gasteiger partial charge in [-0.2, -0.15) is 0 Å². The van der Waals surface area contributed by atoms with Crippen LogP contribution in [0.4, 0.5) is 9.59 Å². The van der Waals surface area contributed by atoms with Crippen LogP contribution in [0.25, 0.3) is 0 Å². The van der Waals surface area contributed by atoms with Gasteiger partial charge < -0.3 is 20.1 Å². The lowest BCUT2D eigenvalue weighted by Crippen LogP contribution is -2.18. The second-order valence-electron chi connectivity index (χ2n) is 4.63. The van der Waals surface area contributed by atoms with E-state index in [-0.39, 0.29) is 48.5 Å². The fourth-order valence-corrected chi connectivity index (χ4v) is 2.82. The molecule has 0 aliphatic carbocycles. The summed E-state index contributed by atoms with van der Waals surface area (Å²) < 4.78 is 9.95. The molecule has 0 saturated heterocycles. The molecule has 144 valence electrons. The average molecular weight is 395 g/mol. The molecule has 0 aromatic carbocycles. The van der Waals surface area contributed by atoms with Crippen LogP contribution in [0.5, 0.6) is 0 Å². The molecule has 0 rings (SSSR count). The Morgan fingerprint density at radius 2 is 1.16 bits per heavy atom. The lowest BCUT2D eigenvalue weighted by atomic mass is 10.4. The van der Waals surface area contributed by atoms with Gasteiger partial charge >= 0.3 is 11.9 Å². The molecular weight excluding hydrogens is 368 g/mol. The molecule has 8 nitrogen and oxygen atoms in total. The third-order valence-corrected chi connectivity index (χ3v) is 4.17. The molecular formula is C15H26N2O6S2. The Kier molecular flexibility index (Phi) is 15.2. The monoisotopic (exact) mass is 394 g/mol. The first-order valence-electron chi connectivity index (χ1n) is 8.12. The number of amides is 2. The maximum absolute atomic E-state index is 11.4. The minimum Gasteiger partial charge on any atom is -0.466 e. The number of ether oxygens (including phenoxy) is 2. The summed E-state index contributed by atoms with van der Waals surface area (Å²) >= 11 is 2.08. The van der Waals surface area contributed by atoms with Crippen LogP contribution in [0, 0.1) is 0 Å². The van der Waals surface area contributed by atoms with Gasteiger partial charge in [0.2, 0.25) is 0 Å². The summed E-state index contributed by atoms with van der Waals surface area (Å²) in [6.07, 6.45) is 0.710. The number of carbonyl (C=O) groups excluding carboxylic acids is 4. The molecule has 2 N–H and O–H groups in total. The average Bonchev–Trinajstić information content (AvgIpc) is 2.55. The van der Waals surface area contributed by atoms with Gasteiger partial charge in [-0.15, -0.1) is 0 Å². The van der Waals surface area contributed by atoms with Gasteiger partial charge in [-0.25, -0.2) is 0 Å². The molecule has 0 spiro atoms. The number of carbonyl (C=O) groups is 4. The molecule has 0 saturated carbocycles. The molecule has 0 aromatic rings. The lowest BCUT2D eigenvalue weighted by Gasteiger charge is -2.06. The number of nitrogens with one attached hydrogen (secondary N) is 2. The largest absolute Gasteiger partial charge is 0.466 e. The van der Waals surface area contributed by atoms with Crippen LogP contribution in [0.2, 0.25) is 0 Å². The highest BCUT2D eigenvalue weighted by molar-refractivity contribution is 8.13. The van der Waals surface area contributed by atoms with Crippen LogP contribution in [0.3, 0.4) is 0 Å². The highest BCUT2D eigenvalue weighted by atomic mass is 32.2. The third-order valence-electron chi connectivity index (χ3n) is 2.54. The van der Waals surface area contributed by atoms with Gasteiger partial charge in [0, 0.05) is 31.0 Å². The van der Waals surface area contributed by atoms with E-state index in [4.69, 9.17) is 9.47 Å². The van der Waals surface area contributed by atoms with Crippen molar-refractivity contribution < 1.29 is 28.7 Å². The maximum Gasteiger partial charge on any atom is 0.306 e. The molecule has 0 atom stereocenters. The van der Waals surface area contributed by atoms with Gasteiger partial charge in [-0.1, -0.05) is 23.5 Å². The molecule has 2 amide bonds. The number of esters is 2. The Morgan fingerprint density at radius 3 is 1.52 bits per heavy atom. The first kappa shape index (κ1) is 23.6. The van der Waals surface area contributed by atoms with E-state index in [1.807, 2.05) is 13.8 Å². The number of hydrogen-bond acceptors (Lipinski definition) is 8. The van der Waals surface area contributed by atoms with E-state index in [0.29, 0.717) is 31.0 Å². The van der Waals surface area contributed by atoms with E-state index in [1.54, 1.807) is 0 Å². The van der Waals surface area contributed by atoms with Crippen LogP contribution in [-0.2, 0) is 19.1 Å². The molecule has 0 radical (unpaired) electrons. The van der Waals surface area contributed by atoms with Gasteiger partial charge in [-0.05, 0) is 13.8 Å². The van der Waals surface area contributed by atoms with Crippen molar-refractivity contribution in [2.75, 3.05) is 37.8 Å². The summed E-state index contributed by atoms with van der Waals surface area (Å²) in [5.74, 6) is -0.0470. The van der Waals surface area contributed by atoms with Crippen molar-refractivity contribution in [1.29, 1.82) is 0 Å². The van der Waals surface area contributed by atoms with E-state index in [0.717, 1.165) is 23.5 Å². The quantitative estimate of drug-likeness (QED) is 0.383. The summed E-state index contributed by atoms with van der Waals surface area (Å²) in [5.41, 5.74) is 0. The van der Waals surface area contributed by atoms with Gasteiger partial charge in [0.1, 0.15) is 0 Å². The van der Waals surface area contributed by atoms with Crippen LogP contribution in [-0.4, -0.2) is 60.2 Å². The molecule has 0 heterocycles. The van der Waals surface area contributed by atoms with Crippen LogP contribution < -0.4 is 10.6 Å². The number of rotatable bonds is 12. The van der Waals surface area contributed by atoms with Gasteiger partial charge in [0.25, 0.3) is 10.5 Å². The van der Waals surface area contributed by atoms with Crippen LogP contribution in [0.15, 0.2) is 0 Å². The molecule has 0 aromatic heterocycles. The van der Waals surface area contributed by atoms with E-state index >= 15 is 0 Å². The van der Waals surface area contributed by atoms with Crippen molar-refractivity contribution in [3.05, 3.63) is 0 Å². The van der Waals surface area contributed by atoms with Crippen molar-refractivity contribution in [3.63, 3.8) is 0 Å². The standard InChI is InChI=1S/C15H26N2O6S2/c1-3-16-14(20)24-10-6-12(18)22-8-5-9-23-13(19)7-11-25-15(21)17-4-2/h3-11H2,1-2H3,(H,16,20)(H,17,21). The van der Waals surface area contributed by atoms with E-state index in [9.17, 15) is 19.2 Å². The molecule has 0 unspecified atom stereocenters. The molecule has 10 heteroatoms. The molecule has 0 aliphatic rings. The van der Waals surface area contributed by atoms with Crippen molar-refractivity contribution >= 4 is 45.9 Å².